The fraction of sp³-hybridized carbons (Fsp3) is 0.643. The molecule has 0 bridgehead atoms. The summed E-state index contributed by atoms with van der Waals surface area (Å²) in [5.74, 6) is -0.198. The molecule has 0 aliphatic rings. The molecule has 0 saturated heterocycles. The number of phosphoric ester groups is 1. The number of amides is 1. The number of unbranched alkanes of at least 4 members (excludes halogenated alkanes) is 21. The zero-order valence-electron chi connectivity index (χ0n) is 51.3. The van der Waals surface area contributed by atoms with E-state index in [1.54, 1.807) is 6.08 Å². The molecule has 3 N–H and O–H groups in total. The van der Waals surface area contributed by atoms with Gasteiger partial charge >= 0.3 is 7.82 Å². The maximum Gasteiger partial charge on any atom is 0.472 e. The van der Waals surface area contributed by atoms with Crippen LogP contribution in [0.1, 0.15) is 239 Å². The lowest BCUT2D eigenvalue weighted by Crippen LogP contribution is -2.45. The molecule has 450 valence electrons. The predicted octanol–water partition coefficient (Wildman–Crippen LogP) is 20.0. The van der Waals surface area contributed by atoms with Gasteiger partial charge in [0.15, 0.2) is 0 Å². The van der Waals surface area contributed by atoms with Gasteiger partial charge in [-0.3, -0.25) is 13.8 Å². The zero-order chi connectivity index (χ0) is 57.7. The van der Waals surface area contributed by atoms with Crippen LogP contribution in [-0.4, -0.2) is 73.4 Å². The number of likely N-dealkylation sites (N-methyl/N-ethyl adjacent to an activating group) is 1. The Labute approximate surface area is 487 Å². The monoisotopic (exact) mass is 1120 g/mol. The molecule has 0 aliphatic heterocycles. The smallest absolute Gasteiger partial charge is 0.387 e. The van der Waals surface area contributed by atoms with Gasteiger partial charge in [0.25, 0.3) is 0 Å². The maximum absolute atomic E-state index is 13.0. The van der Waals surface area contributed by atoms with Gasteiger partial charge in [0.1, 0.15) is 13.2 Å². The highest BCUT2D eigenvalue weighted by molar-refractivity contribution is 7.47. The highest BCUT2D eigenvalue weighted by Crippen LogP contribution is 2.43. The fourth-order valence-corrected chi connectivity index (χ4v) is 9.10. The second-order valence-corrected chi connectivity index (χ2v) is 23.5. The van der Waals surface area contributed by atoms with E-state index in [0.717, 1.165) is 103 Å². The molecule has 79 heavy (non-hydrogen) atoms. The van der Waals surface area contributed by atoms with Crippen molar-refractivity contribution in [2.45, 2.75) is 251 Å². The first-order valence-electron chi connectivity index (χ1n) is 31.7. The fourth-order valence-electron chi connectivity index (χ4n) is 8.36. The Kier molecular flexibility index (Phi) is 56.3. The average Bonchev–Trinajstić information content (AvgIpc) is 3.42. The molecule has 8 nitrogen and oxygen atoms in total. The van der Waals surface area contributed by atoms with E-state index in [0.29, 0.717) is 17.4 Å². The van der Waals surface area contributed by atoms with Crippen molar-refractivity contribution in [3.8, 4) is 0 Å². The highest BCUT2D eigenvalue weighted by atomic mass is 31.2. The summed E-state index contributed by atoms with van der Waals surface area (Å²) in [5, 5.41) is 13.9. The number of carbonyl (C=O) groups is 1. The normalized spacial score (nSPS) is 14.8. The lowest BCUT2D eigenvalue weighted by molar-refractivity contribution is -0.870. The molecule has 0 saturated carbocycles. The van der Waals surface area contributed by atoms with Gasteiger partial charge in [0.2, 0.25) is 5.91 Å². The van der Waals surface area contributed by atoms with Crippen LogP contribution >= 0.6 is 7.82 Å². The van der Waals surface area contributed by atoms with Crippen LogP contribution in [0.4, 0.5) is 0 Å². The number of nitrogens with zero attached hydrogens (tertiary/aromatic N) is 1. The van der Waals surface area contributed by atoms with Gasteiger partial charge < -0.3 is 19.8 Å². The summed E-state index contributed by atoms with van der Waals surface area (Å²) in [5.41, 5.74) is 0. The van der Waals surface area contributed by atoms with Crippen molar-refractivity contribution < 1.29 is 32.9 Å². The Balaban J connectivity index is 4.10. The van der Waals surface area contributed by atoms with Crippen LogP contribution in [0.15, 0.2) is 146 Å². The molecule has 3 unspecified atom stereocenters. The summed E-state index contributed by atoms with van der Waals surface area (Å²) in [7, 11) is 1.53. The van der Waals surface area contributed by atoms with Crippen molar-refractivity contribution in [3.63, 3.8) is 0 Å². The van der Waals surface area contributed by atoms with Crippen molar-refractivity contribution in [2.75, 3.05) is 40.9 Å². The molecule has 0 rings (SSSR count). The first-order valence-corrected chi connectivity index (χ1v) is 33.2. The zero-order valence-corrected chi connectivity index (χ0v) is 52.2. The Morgan fingerprint density at radius 2 is 0.772 bits per heavy atom. The second kappa shape index (κ2) is 59.0. The summed E-state index contributed by atoms with van der Waals surface area (Å²) in [4.78, 5) is 23.3. The number of aliphatic hydroxyl groups excluding tert-OH is 1. The van der Waals surface area contributed by atoms with Gasteiger partial charge in [0.05, 0.1) is 39.9 Å². The number of aliphatic hydroxyl groups is 1. The van der Waals surface area contributed by atoms with Crippen LogP contribution in [0.3, 0.4) is 0 Å². The summed E-state index contributed by atoms with van der Waals surface area (Å²) in [6.45, 7) is 4.65. The third-order valence-electron chi connectivity index (χ3n) is 13.3. The van der Waals surface area contributed by atoms with E-state index in [9.17, 15) is 19.4 Å². The van der Waals surface area contributed by atoms with Crippen LogP contribution < -0.4 is 5.32 Å². The van der Waals surface area contributed by atoms with Gasteiger partial charge in [-0.15, -0.1) is 0 Å². The Morgan fingerprint density at radius 3 is 1.16 bits per heavy atom. The van der Waals surface area contributed by atoms with Crippen molar-refractivity contribution in [3.05, 3.63) is 146 Å². The summed E-state index contributed by atoms with van der Waals surface area (Å²) in [6, 6.07) is -0.879. The van der Waals surface area contributed by atoms with Crippen LogP contribution in [0, 0.1) is 0 Å². The molecule has 0 aromatic rings. The number of quaternary nitrogens is 1. The SMILES string of the molecule is CC/C=C\C/C=C\C/C=C\C/C=C\C/C=C\C/C=C\C/C=C\C/C=C\C/C=C\CCCCCCCCCCCCCCCC(=O)NC(COP(=O)(O)OCC[N+](C)(C)C)C(O)/C=C/CC/C=C/CC/C=C/CCCCCCCC. The van der Waals surface area contributed by atoms with E-state index >= 15 is 0 Å². The van der Waals surface area contributed by atoms with Gasteiger partial charge in [-0.1, -0.05) is 262 Å². The molecule has 3 atom stereocenters. The molecule has 0 heterocycles. The third-order valence-corrected chi connectivity index (χ3v) is 14.3. The van der Waals surface area contributed by atoms with Gasteiger partial charge in [-0.05, 0) is 116 Å². The van der Waals surface area contributed by atoms with Gasteiger partial charge in [-0.2, -0.15) is 0 Å². The number of rotatable bonds is 56. The molecule has 0 aromatic heterocycles. The van der Waals surface area contributed by atoms with E-state index in [1.807, 2.05) is 27.2 Å². The summed E-state index contributed by atoms with van der Waals surface area (Å²) in [6.07, 6.45) is 91.1. The Morgan fingerprint density at radius 1 is 0.443 bits per heavy atom. The van der Waals surface area contributed by atoms with E-state index in [2.05, 4.69) is 153 Å². The van der Waals surface area contributed by atoms with Crippen molar-refractivity contribution >= 4 is 13.7 Å². The first-order chi connectivity index (χ1) is 38.5. The minimum Gasteiger partial charge on any atom is -0.387 e. The van der Waals surface area contributed by atoms with Gasteiger partial charge in [-0.25, -0.2) is 4.57 Å². The summed E-state index contributed by atoms with van der Waals surface area (Å²) >= 11 is 0. The number of hydrogen-bond acceptors (Lipinski definition) is 5. The molecular weight excluding hydrogens is 996 g/mol. The predicted molar refractivity (Wildman–Crippen MR) is 345 cm³/mol. The van der Waals surface area contributed by atoms with E-state index in [-0.39, 0.29) is 19.1 Å². The van der Waals surface area contributed by atoms with E-state index < -0.39 is 20.0 Å². The van der Waals surface area contributed by atoms with Crippen molar-refractivity contribution in [2.24, 2.45) is 0 Å². The van der Waals surface area contributed by atoms with Crippen LogP contribution in [0.25, 0.3) is 0 Å². The molecular formula is C70H120N2O6P+. The molecule has 1 amide bonds. The molecule has 0 aliphatic carbocycles. The minimum atomic E-state index is -4.37. The molecule has 0 aromatic carbocycles. The average molecular weight is 1120 g/mol. The molecule has 0 fully saturated rings. The summed E-state index contributed by atoms with van der Waals surface area (Å²) < 4.78 is 23.7. The highest BCUT2D eigenvalue weighted by Gasteiger charge is 2.27. The van der Waals surface area contributed by atoms with Crippen molar-refractivity contribution in [1.82, 2.24) is 5.32 Å². The first kappa shape index (κ1) is 75.4. The van der Waals surface area contributed by atoms with E-state index in [1.165, 1.54) is 116 Å². The quantitative estimate of drug-likeness (QED) is 0.0243. The van der Waals surface area contributed by atoms with Crippen LogP contribution in [0.2, 0.25) is 0 Å². The lowest BCUT2D eigenvalue weighted by atomic mass is 10.0. The lowest BCUT2D eigenvalue weighted by Gasteiger charge is -2.25. The molecule has 0 radical (unpaired) electrons. The van der Waals surface area contributed by atoms with Crippen LogP contribution in [0.5, 0.6) is 0 Å². The largest absolute Gasteiger partial charge is 0.472 e. The molecule has 9 heteroatoms. The second-order valence-electron chi connectivity index (χ2n) is 22.0. The minimum absolute atomic E-state index is 0.0473. The number of hydrogen-bond donors (Lipinski definition) is 3. The standard InChI is InChI=1S/C70H119N2O6P/c1-6-8-10-12-14-16-18-20-22-24-25-26-27-28-29-30-31-32-33-34-35-36-37-38-39-40-41-42-43-44-45-46-47-48-50-52-54-56-58-60-62-64-70(74)71-68(67-78-79(75,76)77-66-65-72(3,4)5)69(73)63-61-59-57-55-53-51-49-23-21-19-17-15-13-11-9-7-2/h8,10,14,16,20-23,25-26,28-29,31-32,34-35,37-38,40-41,53,55,61,63,68-69,73H,6-7,9,11-13,15,17-19,24,27,30,33,36,39,42-52,54,56-60,62,64-67H2,1-5H3,(H-,71,74,75,76)/p+1/b10-8-,16-14-,22-20-,23-21+,26-25-,29-28-,32-31-,35-34-,38-37-,41-40-,55-53+,63-61+. The topological polar surface area (TPSA) is 105 Å². The third kappa shape index (κ3) is 61.8. The van der Waals surface area contributed by atoms with E-state index in [4.69, 9.17) is 9.05 Å². The molecule has 0 spiro atoms. The van der Waals surface area contributed by atoms with Gasteiger partial charge in [0, 0.05) is 6.42 Å². The van der Waals surface area contributed by atoms with Crippen molar-refractivity contribution in [1.29, 1.82) is 0 Å². The Hall–Kier alpha value is -3.62. The number of allylic oxidation sites excluding steroid dienone is 23. The number of carbonyl (C=O) groups excluding carboxylic acids is 1. The number of phosphoric acid groups is 1. The van der Waals surface area contributed by atoms with Crippen LogP contribution in [-0.2, 0) is 18.4 Å². The number of nitrogens with one attached hydrogen (secondary N) is 1. The Bertz CT molecular complexity index is 1790. The maximum atomic E-state index is 13.0.